The summed E-state index contributed by atoms with van der Waals surface area (Å²) in [7, 11) is 1.58. The molecule has 1 atom stereocenters. The molecule has 0 saturated carbocycles. The van der Waals surface area contributed by atoms with Gasteiger partial charge in [0.2, 0.25) is 11.6 Å². The number of benzene rings is 2. The number of methoxy groups -OCH3 is 1. The van der Waals surface area contributed by atoms with Gasteiger partial charge in [-0.15, -0.1) is 0 Å². The third kappa shape index (κ3) is 4.58. The van der Waals surface area contributed by atoms with Crippen LogP contribution in [0.25, 0.3) is 5.69 Å². The summed E-state index contributed by atoms with van der Waals surface area (Å²) in [5.41, 5.74) is 0.776. The van der Waals surface area contributed by atoms with Gasteiger partial charge in [-0.25, -0.2) is 4.79 Å². The Bertz CT molecular complexity index is 999. The molecule has 2 aromatic carbocycles. The SMILES string of the molecule is CCC(Sc1c(=O)o[nH][n+]1-c1ccc(OC)cc1)C(=O)Nc1ccc(Cl)cc1. The fraction of sp³-hybridized carbons (Fsp3) is 0.211. The number of nitrogens with one attached hydrogen (secondary N) is 2. The van der Waals surface area contributed by atoms with Crippen molar-refractivity contribution in [1.29, 1.82) is 0 Å². The van der Waals surface area contributed by atoms with E-state index in [0.29, 0.717) is 28.6 Å². The standard InChI is InChI=1S/C19H18ClN3O4S/c1-3-16(17(24)21-13-6-4-12(20)5-7-13)28-18-19(25)27-22-23(18)14-8-10-15(26-2)11-9-14/h4-11,16H,3H2,1-2H3,(H-,21,22,24,25)/p+1. The lowest BCUT2D eigenvalue weighted by atomic mass is 10.3. The molecule has 1 aromatic heterocycles. The Hall–Kier alpha value is -2.71. The molecule has 2 N–H and O–H groups in total. The topological polar surface area (TPSA) is 88.2 Å². The molecule has 146 valence electrons. The summed E-state index contributed by atoms with van der Waals surface area (Å²) < 4.78 is 11.6. The maximum Gasteiger partial charge on any atom is 0.442 e. The Morgan fingerprint density at radius 1 is 1.25 bits per heavy atom. The third-order valence-electron chi connectivity index (χ3n) is 3.97. The van der Waals surface area contributed by atoms with Crippen LogP contribution in [0.1, 0.15) is 13.3 Å². The average Bonchev–Trinajstić information content (AvgIpc) is 3.08. The molecule has 0 spiro atoms. The van der Waals surface area contributed by atoms with Crippen molar-refractivity contribution in [2.45, 2.75) is 23.6 Å². The zero-order valence-corrected chi connectivity index (χ0v) is 16.8. The van der Waals surface area contributed by atoms with E-state index < -0.39 is 10.9 Å². The highest BCUT2D eigenvalue weighted by Gasteiger charge is 2.30. The van der Waals surface area contributed by atoms with E-state index in [1.165, 1.54) is 4.68 Å². The minimum atomic E-state index is -0.543. The third-order valence-corrected chi connectivity index (χ3v) is 5.62. The lowest BCUT2D eigenvalue weighted by Crippen LogP contribution is -2.37. The zero-order chi connectivity index (χ0) is 20.1. The van der Waals surface area contributed by atoms with Gasteiger partial charge in [-0.3, -0.25) is 9.32 Å². The number of anilines is 1. The van der Waals surface area contributed by atoms with Gasteiger partial charge in [0, 0.05) is 22.8 Å². The Morgan fingerprint density at radius 2 is 1.93 bits per heavy atom. The first kappa shape index (κ1) is 20.0. The number of aromatic amines is 1. The minimum Gasteiger partial charge on any atom is -0.497 e. The number of ether oxygens (including phenoxy) is 1. The van der Waals surface area contributed by atoms with E-state index in [2.05, 4.69) is 10.6 Å². The molecular weight excluding hydrogens is 402 g/mol. The van der Waals surface area contributed by atoms with Crippen molar-refractivity contribution in [2.24, 2.45) is 0 Å². The molecule has 28 heavy (non-hydrogen) atoms. The van der Waals surface area contributed by atoms with Gasteiger partial charge in [-0.05, 0) is 64.5 Å². The quantitative estimate of drug-likeness (QED) is 0.451. The van der Waals surface area contributed by atoms with Crippen LogP contribution < -0.4 is 20.4 Å². The molecule has 0 saturated heterocycles. The fourth-order valence-electron chi connectivity index (χ4n) is 2.48. The molecule has 0 radical (unpaired) electrons. The van der Waals surface area contributed by atoms with E-state index in [4.69, 9.17) is 20.9 Å². The number of rotatable bonds is 7. The van der Waals surface area contributed by atoms with Gasteiger partial charge < -0.3 is 10.1 Å². The number of H-pyrrole nitrogens is 1. The molecule has 3 aromatic rings. The first-order valence-corrected chi connectivity index (χ1v) is 9.78. The second-order valence-electron chi connectivity index (χ2n) is 5.83. The van der Waals surface area contributed by atoms with Crippen molar-refractivity contribution >= 4 is 35.0 Å². The van der Waals surface area contributed by atoms with E-state index in [-0.39, 0.29) is 10.9 Å². The van der Waals surface area contributed by atoms with Crippen LogP contribution in [0, 0.1) is 0 Å². The van der Waals surface area contributed by atoms with Crippen molar-refractivity contribution < 1.29 is 18.7 Å². The van der Waals surface area contributed by atoms with Crippen molar-refractivity contribution in [3.05, 3.63) is 64.0 Å². The number of hydrogen-bond acceptors (Lipinski definition) is 5. The Morgan fingerprint density at radius 3 is 2.54 bits per heavy atom. The highest BCUT2D eigenvalue weighted by Crippen LogP contribution is 2.23. The van der Waals surface area contributed by atoms with Gasteiger partial charge >= 0.3 is 10.7 Å². The Labute approximate surface area is 170 Å². The van der Waals surface area contributed by atoms with Crippen LogP contribution in [-0.2, 0) is 4.79 Å². The molecule has 0 aliphatic heterocycles. The molecule has 0 aliphatic carbocycles. The second kappa shape index (κ2) is 8.99. The largest absolute Gasteiger partial charge is 0.497 e. The number of carbonyl (C=O) groups is 1. The summed E-state index contributed by atoms with van der Waals surface area (Å²) in [6.07, 6.45) is 0.525. The van der Waals surface area contributed by atoms with Gasteiger partial charge in [0.05, 0.1) is 12.4 Å². The van der Waals surface area contributed by atoms with Crippen LogP contribution in [0.3, 0.4) is 0 Å². The molecule has 7 nitrogen and oxygen atoms in total. The van der Waals surface area contributed by atoms with E-state index in [1.807, 2.05) is 6.92 Å². The predicted molar refractivity (Wildman–Crippen MR) is 107 cm³/mol. The summed E-state index contributed by atoms with van der Waals surface area (Å²) in [5, 5.41) is 5.79. The van der Waals surface area contributed by atoms with Gasteiger partial charge in [0.15, 0.2) is 0 Å². The van der Waals surface area contributed by atoms with Crippen molar-refractivity contribution in [3.8, 4) is 11.4 Å². The molecule has 3 rings (SSSR count). The van der Waals surface area contributed by atoms with Crippen LogP contribution in [0.4, 0.5) is 5.69 Å². The van der Waals surface area contributed by atoms with Crippen LogP contribution in [0.15, 0.2) is 62.9 Å². The molecule has 0 aliphatic rings. The number of aromatic nitrogens is 2. The normalized spacial score (nSPS) is 11.8. The smallest absolute Gasteiger partial charge is 0.442 e. The molecule has 1 amide bonds. The van der Waals surface area contributed by atoms with E-state index >= 15 is 0 Å². The van der Waals surface area contributed by atoms with E-state index in [1.54, 1.807) is 55.6 Å². The summed E-state index contributed by atoms with van der Waals surface area (Å²) in [4.78, 5) is 24.9. The number of halogens is 1. The number of carbonyl (C=O) groups excluding carboxylic acids is 1. The Balaban J connectivity index is 1.80. The number of hydrogen-bond donors (Lipinski definition) is 2. The predicted octanol–water partition coefficient (Wildman–Crippen LogP) is 3.42. The molecule has 0 bridgehead atoms. The van der Waals surface area contributed by atoms with Crippen LogP contribution in [0.5, 0.6) is 5.75 Å². The van der Waals surface area contributed by atoms with Gasteiger partial charge in [0.25, 0.3) is 0 Å². The first-order chi connectivity index (χ1) is 13.5. The van der Waals surface area contributed by atoms with Gasteiger partial charge in [-0.2, -0.15) is 0 Å². The van der Waals surface area contributed by atoms with Crippen LogP contribution in [-0.4, -0.2) is 23.5 Å². The highest BCUT2D eigenvalue weighted by atomic mass is 35.5. The monoisotopic (exact) mass is 420 g/mol. The molecule has 1 heterocycles. The summed E-state index contributed by atoms with van der Waals surface area (Å²) >= 11 is 7.01. The highest BCUT2D eigenvalue weighted by molar-refractivity contribution is 8.00. The average molecular weight is 421 g/mol. The van der Waals surface area contributed by atoms with Gasteiger partial charge in [0.1, 0.15) is 5.75 Å². The molecule has 1 unspecified atom stereocenters. The lowest BCUT2D eigenvalue weighted by Gasteiger charge is -2.12. The maximum absolute atomic E-state index is 12.7. The van der Waals surface area contributed by atoms with Crippen molar-refractivity contribution in [3.63, 3.8) is 0 Å². The van der Waals surface area contributed by atoms with Gasteiger partial charge in [-0.1, -0.05) is 18.5 Å². The molecule has 0 fully saturated rings. The Kier molecular flexibility index (Phi) is 6.43. The first-order valence-electron chi connectivity index (χ1n) is 8.53. The summed E-state index contributed by atoms with van der Waals surface area (Å²) in [6.45, 7) is 1.88. The molecular formula is C19H19ClN3O4S+. The number of nitrogens with zero attached hydrogens (tertiary/aromatic N) is 1. The lowest BCUT2D eigenvalue weighted by molar-refractivity contribution is -0.704. The summed E-state index contributed by atoms with van der Waals surface area (Å²) in [5.74, 6) is 0.481. The number of amides is 1. The van der Waals surface area contributed by atoms with Crippen LogP contribution >= 0.6 is 23.4 Å². The van der Waals surface area contributed by atoms with Crippen molar-refractivity contribution in [1.82, 2.24) is 5.27 Å². The van der Waals surface area contributed by atoms with Crippen LogP contribution in [0.2, 0.25) is 5.02 Å². The summed E-state index contributed by atoms with van der Waals surface area (Å²) in [6, 6.07) is 13.9. The second-order valence-corrected chi connectivity index (χ2v) is 7.46. The van der Waals surface area contributed by atoms with Crippen molar-refractivity contribution in [2.75, 3.05) is 12.4 Å². The van der Waals surface area contributed by atoms with E-state index in [9.17, 15) is 9.59 Å². The fourth-order valence-corrected chi connectivity index (χ4v) is 3.59. The molecule has 9 heteroatoms. The maximum atomic E-state index is 12.7. The minimum absolute atomic E-state index is 0.211. The number of thioether (sulfide) groups is 1. The van der Waals surface area contributed by atoms with E-state index in [0.717, 1.165) is 11.8 Å². The zero-order valence-electron chi connectivity index (χ0n) is 15.3.